The lowest BCUT2D eigenvalue weighted by Crippen LogP contribution is -1.99. The van der Waals surface area contributed by atoms with Crippen LogP contribution in [0.1, 0.15) is 11.1 Å². The summed E-state index contributed by atoms with van der Waals surface area (Å²) in [5.41, 5.74) is 7.77. The number of nitrogens with zero attached hydrogens (tertiary/aromatic N) is 1. The largest absolute Gasteiger partial charge is 0.487 e. The van der Waals surface area contributed by atoms with Gasteiger partial charge in [-0.05, 0) is 35.9 Å². The number of hydrogen-bond donors (Lipinski definition) is 1. The fourth-order valence-electron chi connectivity index (χ4n) is 1.49. The van der Waals surface area contributed by atoms with E-state index < -0.39 is 0 Å². The second kappa shape index (κ2) is 5.44. The van der Waals surface area contributed by atoms with E-state index in [1.165, 1.54) is 0 Å². The zero-order chi connectivity index (χ0) is 13.0. The Morgan fingerprint density at radius 1 is 1.17 bits per heavy atom. The van der Waals surface area contributed by atoms with Gasteiger partial charge in [-0.15, -0.1) is 0 Å². The predicted molar refractivity (Wildman–Crippen MR) is 71.4 cm³/mol. The second-order valence-corrected chi connectivity index (χ2v) is 4.22. The minimum Gasteiger partial charge on any atom is -0.487 e. The van der Waals surface area contributed by atoms with E-state index in [1.54, 1.807) is 18.2 Å². The zero-order valence-electron chi connectivity index (χ0n) is 9.56. The van der Waals surface area contributed by atoms with Crippen molar-refractivity contribution >= 4 is 17.3 Å². The lowest BCUT2D eigenvalue weighted by atomic mass is 10.2. The van der Waals surface area contributed by atoms with Gasteiger partial charge in [0.25, 0.3) is 0 Å². The van der Waals surface area contributed by atoms with Gasteiger partial charge in [0.2, 0.25) is 0 Å². The molecule has 2 N–H and O–H groups in total. The van der Waals surface area contributed by atoms with Gasteiger partial charge in [0.05, 0.1) is 17.3 Å². The molecule has 0 radical (unpaired) electrons. The zero-order valence-corrected chi connectivity index (χ0v) is 10.3. The molecule has 0 atom stereocenters. The SMILES string of the molecule is N#Cc1ccc(OCc2ccc(Cl)cc2)c(N)c1. The molecule has 4 heteroatoms. The number of nitriles is 1. The van der Waals surface area contributed by atoms with Gasteiger partial charge in [0.15, 0.2) is 0 Å². The van der Waals surface area contributed by atoms with Crippen LogP contribution in [0.3, 0.4) is 0 Å². The van der Waals surface area contributed by atoms with Gasteiger partial charge >= 0.3 is 0 Å². The Hall–Kier alpha value is -2.18. The molecule has 0 aliphatic carbocycles. The second-order valence-electron chi connectivity index (χ2n) is 3.78. The van der Waals surface area contributed by atoms with Gasteiger partial charge < -0.3 is 10.5 Å². The first-order valence-electron chi connectivity index (χ1n) is 5.36. The van der Waals surface area contributed by atoms with Gasteiger partial charge in [-0.3, -0.25) is 0 Å². The molecule has 0 aliphatic rings. The minimum atomic E-state index is 0.410. The molecule has 2 aromatic carbocycles. The van der Waals surface area contributed by atoms with Crippen LogP contribution in [-0.2, 0) is 6.61 Å². The van der Waals surface area contributed by atoms with Crippen molar-refractivity contribution in [1.82, 2.24) is 0 Å². The molecule has 0 bridgehead atoms. The summed E-state index contributed by atoms with van der Waals surface area (Å²) < 4.78 is 5.58. The molecule has 0 aromatic heterocycles. The van der Waals surface area contributed by atoms with Crippen LogP contribution in [-0.4, -0.2) is 0 Å². The first-order valence-corrected chi connectivity index (χ1v) is 5.73. The minimum absolute atomic E-state index is 0.410. The Bertz CT molecular complexity index is 588. The molecule has 0 amide bonds. The highest BCUT2D eigenvalue weighted by Crippen LogP contribution is 2.23. The molecule has 3 nitrogen and oxygen atoms in total. The van der Waals surface area contributed by atoms with E-state index in [-0.39, 0.29) is 0 Å². The highest BCUT2D eigenvalue weighted by Gasteiger charge is 2.02. The van der Waals surface area contributed by atoms with E-state index in [4.69, 9.17) is 27.3 Å². The number of rotatable bonds is 3. The maximum absolute atomic E-state index is 8.73. The summed E-state index contributed by atoms with van der Waals surface area (Å²) in [7, 11) is 0. The summed E-state index contributed by atoms with van der Waals surface area (Å²) in [5.74, 6) is 0.573. The Balaban J connectivity index is 2.06. The molecular formula is C14H11ClN2O. The quantitative estimate of drug-likeness (QED) is 0.859. The summed E-state index contributed by atoms with van der Waals surface area (Å²) in [6, 6.07) is 14.4. The average Bonchev–Trinajstić information content (AvgIpc) is 2.39. The van der Waals surface area contributed by atoms with Crippen LogP contribution in [0.2, 0.25) is 5.02 Å². The van der Waals surface area contributed by atoms with Crippen LogP contribution < -0.4 is 10.5 Å². The molecule has 18 heavy (non-hydrogen) atoms. The molecule has 0 heterocycles. The van der Waals surface area contributed by atoms with E-state index in [0.29, 0.717) is 28.6 Å². The molecule has 2 aromatic rings. The van der Waals surface area contributed by atoms with Crippen molar-refractivity contribution in [3.8, 4) is 11.8 Å². The fourth-order valence-corrected chi connectivity index (χ4v) is 1.62. The van der Waals surface area contributed by atoms with E-state index >= 15 is 0 Å². The topological polar surface area (TPSA) is 59.0 Å². The summed E-state index contributed by atoms with van der Waals surface area (Å²) >= 11 is 5.80. The number of nitrogens with two attached hydrogens (primary N) is 1. The van der Waals surface area contributed by atoms with E-state index in [0.717, 1.165) is 5.56 Å². The lowest BCUT2D eigenvalue weighted by molar-refractivity contribution is 0.308. The smallest absolute Gasteiger partial charge is 0.142 e. The Morgan fingerprint density at radius 2 is 1.89 bits per heavy atom. The first-order chi connectivity index (χ1) is 8.69. The molecule has 0 fully saturated rings. The number of ether oxygens (including phenoxy) is 1. The normalized spacial score (nSPS) is 9.78. The maximum Gasteiger partial charge on any atom is 0.142 e. The van der Waals surface area contributed by atoms with Crippen molar-refractivity contribution in [2.24, 2.45) is 0 Å². The number of halogens is 1. The van der Waals surface area contributed by atoms with Crippen molar-refractivity contribution in [2.45, 2.75) is 6.61 Å². The summed E-state index contributed by atoms with van der Waals surface area (Å²) in [6.45, 7) is 0.410. The molecule has 0 saturated carbocycles. The average molecular weight is 259 g/mol. The summed E-state index contributed by atoms with van der Waals surface area (Å²) in [4.78, 5) is 0. The Morgan fingerprint density at radius 3 is 2.50 bits per heavy atom. The lowest BCUT2D eigenvalue weighted by Gasteiger charge is -2.09. The maximum atomic E-state index is 8.73. The third-order valence-corrected chi connectivity index (χ3v) is 2.70. The monoisotopic (exact) mass is 258 g/mol. The first kappa shape index (κ1) is 12.3. The van der Waals surface area contributed by atoms with Crippen molar-refractivity contribution in [1.29, 1.82) is 5.26 Å². The summed E-state index contributed by atoms with van der Waals surface area (Å²) in [5, 5.41) is 9.42. The number of anilines is 1. The number of benzene rings is 2. The van der Waals surface area contributed by atoms with Gasteiger partial charge in [-0.25, -0.2) is 0 Å². The van der Waals surface area contributed by atoms with Crippen LogP contribution in [0.4, 0.5) is 5.69 Å². The van der Waals surface area contributed by atoms with Crippen LogP contribution in [0.15, 0.2) is 42.5 Å². The van der Waals surface area contributed by atoms with E-state index in [1.807, 2.05) is 30.3 Å². The Kier molecular flexibility index (Phi) is 3.71. The summed E-state index contributed by atoms with van der Waals surface area (Å²) in [6.07, 6.45) is 0. The van der Waals surface area contributed by atoms with Crippen LogP contribution >= 0.6 is 11.6 Å². The third kappa shape index (κ3) is 2.93. The molecule has 0 spiro atoms. The molecular weight excluding hydrogens is 248 g/mol. The van der Waals surface area contributed by atoms with Crippen LogP contribution in [0.5, 0.6) is 5.75 Å². The van der Waals surface area contributed by atoms with Gasteiger partial charge in [0, 0.05) is 5.02 Å². The molecule has 90 valence electrons. The van der Waals surface area contributed by atoms with E-state index in [9.17, 15) is 0 Å². The molecule has 2 rings (SSSR count). The van der Waals surface area contributed by atoms with Crippen LogP contribution in [0.25, 0.3) is 0 Å². The predicted octanol–water partition coefficient (Wildman–Crippen LogP) is 3.37. The van der Waals surface area contributed by atoms with Gasteiger partial charge in [0.1, 0.15) is 12.4 Å². The van der Waals surface area contributed by atoms with Gasteiger partial charge in [-0.2, -0.15) is 5.26 Å². The highest BCUT2D eigenvalue weighted by molar-refractivity contribution is 6.30. The van der Waals surface area contributed by atoms with Crippen LogP contribution in [0, 0.1) is 11.3 Å². The van der Waals surface area contributed by atoms with Gasteiger partial charge in [-0.1, -0.05) is 23.7 Å². The molecule has 0 aliphatic heterocycles. The van der Waals surface area contributed by atoms with Crippen molar-refractivity contribution in [2.75, 3.05) is 5.73 Å². The fraction of sp³-hybridized carbons (Fsp3) is 0.0714. The molecule has 0 unspecified atom stereocenters. The van der Waals surface area contributed by atoms with E-state index in [2.05, 4.69) is 0 Å². The van der Waals surface area contributed by atoms with Crippen molar-refractivity contribution in [3.05, 3.63) is 58.6 Å². The number of hydrogen-bond acceptors (Lipinski definition) is 3. The van der Waals surface area contributed by atoms with Crippen molar-refractivity contribution < 1.29 is 4.74 Å². The molecule has 0 saturated heterocycles. The third-order valence-electron chi connectivity index (χ3n) is 2.45. The number of nitrogen functional groups attached to an aromatic ring is 1. The Labute approximate surface area is 110 Å². The standard InChI is InChI=1S/C14H11ClN2O/c15-12-4-1-10(2-5-12)9-18-14-6-3-11(8-16)7-13(14)17/h1-7H,9,17H2. The highest BCUT2D eigenvalue weighted by atomic mass is 35.5. The van der Waals surface area contributed by atoms with Crippen molar-refractivity contribution in [3.63, 3.8) is 0 Å².